The quantitative estimate of drug-likeness (QED) is 0.875. The van der Waals surface area contributed by atoms with Crippen LogP contribution in [0.3, 0.4) is 0 Å². The molecular formula is C17H18N2O2S. The predicted octanol–water partition coefficient (Wildman–Crippen LogP) is 2.77. The van der Waals surface area contributed by atoms with Gasteiger partial charge in [-0.2, -0.15) is 0 Å². The van der Waals surface area contributed by atoms with Crippen LogP contribution in [-0.4, -0.2) is 22.3 Å². The molecule has 1 amide bonds. The average Bonchev–Trinajstić information content (AvgIpc) is 2.53. The number of hydrogen-bond acceptors (Lipinski definition) is 3. The molecule has 2 heterocycles. The lowest BCUT2D eigenvalue weighted by molar-refractivity contribution is -0.118. The Kier molecular flexibility index (Phi) is 4.34. The van der Waals surface area contributed by atoms with Crippen molar-refractivity contribution in [2.75, 3.05) is 11.4 Å². The number of nitrogens with zero attached hydrogens (tertiary/aromatic N) is 2. The molecule has 0 spiro atoms. The summed E-state index contributed by atoms with van der Waals surface area (Å²) in [5.74, 6) is 0.0651. The SMILES string of the molecule is C[C@H]1CN(C(=O)CCn2ccccc2=O)c2ccccc2S1. The van der Waals surface area contributed by atoms with Gasteiger partial charge in [-0.1, -0.05) is 25.1 Å². The number of fused-ring (bicyclic) bond motifs is 1. The third kappa shape index (κ3) is 3.09. The van der Waals surface area contributed by atoms with E-state index in [1.54, 1.807) is 34.7 Å². The number of benzene rings is 1. The molecule has 1 atom stereocenters. The molecule has 1 aliphatic heterocycles. The molecule has 1 aliphatic rings. The number of rotatable bonds is 3. The molecule has 0 saturated heterocycles. The van der Waals surface area contributed by atoms with Crippen LogP contribution in [-0.2, 0) is 11.3 Å². The number of amides is 1. The van der Waals surface area contributed by atoms with Crippen LogP contribution in [0, 0.1) is 0 Å². The van der Waals surface area contributed by atoms with E-state index in [9.17, 15) is 9.59 Å². The van der Waals surface area contributed by atoms with Crippen molar-refractivity contribution in [2.24, 2.45) is 0 Å². The first-order valence-electron chi connectivity index (χ1n) is 7.36. The molecule has 0 bridgehead atoms. The third-order valence-electron chi connectivity index (χ3n) is 3.69. The van der Waals surface area contributed by atoms with E-state index in [1.165, 1.54) is 6.07 Å². The first kappa shape index (κ1) is 14.9. The largest absolute Gasteiger partial charge is 0.315 e. The van der Waals surface area contributed by atoms with Crippen LogP contribution in [0.25, 0.3) is 0 Å². The number of hydrogen-bond donors (Lipinski definition) is 0. The van der Waals surface area contributed by atoms with E-state index in [4.69, 9.17) is 0 Å². The zero-order valence-electron chi connectivity index (χ0n) is 12.4. The van der Waals surface area contributed by atoms with Gasteiger partial charge >= 0.3 is 0 Å². The van der Waals surface area contributed by atoms with Gasteiger partial charge in [0.2, 0.25) is 5.91 Å². The molecule has 22 heavy (non-hydrogen) atoms. The Bertz CT molecular complexity index is 741. The molecule has 2 aromatic rings. The maximum atomic E-state index is 12.6. The van der Waals surface area contributed by atoms with Gasteiger partial charge in [0.1, 0.15) is 0 Å². The summed E-state index contributed by atoms with van der Waals surface area (Å²) in [5.41, 5.74) is 0.911. The summed E-state index contributed by atoms with van der Waals surface area (Å²) >= 11 is 1.80. The summed E-state index contributed by atoms with van der Waals surface area (Å²) < 4.78 is 1.58. The Morgan fingerprint density at radius 2 is 2.00 bits per heavy atom. The molecule has 1 aromatic heterocycles. The van der Waals surface area contributed by atoms with Crippen molar-refractivity contribution in [3.05, 3.63) is 59.0 Å². The second kappa shape index (κ2) is 6.40. The number of thioether (sulfide) groups is 1. The summed E-state index contributed by atoms with van der Waals surface area (Å²) in [4.78, 5) is 27.3. The monoisotopic (exact) mass is 314 g/mol. The summed E-state index contributed by atoms with van der Waals surface area (Å²) in [7, 11) is 0. The summed E-state index contributed by atoms with van der Waals surface area (Å²) in [6, 6.07) is 13.0. The maximum absolute atomic E-state index is 12.6. The number of carbonyl (C=O) groups is 1. The van der Waals surface area contributed by atoms with Crippen LogP contribution in [0.4, 0.5) is 5.69 Å². The first-order chi connectivity index (χ1) is 10.6. The lowest BCUT2D eigenvalue weighted by Gasteiger charge is -2.32. The Hall–Kier alpha value is -2.01. The minimum absolute atomic E-state index is 0.0651. The van der Waals surface area contributed by atoms with Gasteiger partial charge in [-0.3, -0.25) is 9.59 Å². The van der Waals surface area contributed by atoms with E-state index in [0.29, 0.717) is 24.8 Å². The number of aromatic nitrogens is 1. The van der Waals surface area contributed by atoms with Crippen molar-refractivity contribution in [3.8, 4) is 0 Å². The van der Waals surface area contributed by atoms with Crippen molar-refractivity contribution in [3.63, 3.8) is 0 Å². The number of para-hydroxylation sites is 1. The van der Waals surface area contributed by atoms with Gasteiger partial charge in [0.25, 0.3) is 5.56 Å². The number of aryl methyl sites for hydroxylation is 1. The molecule has 3 rings (SSSR count). The smallest absolute Gasteiger partial charge is 0.250 e. The van der Waals surface area contributed by atoms with E-state index < -0.39 is 0 Å². The fourth-order valence-electron chi connectivity index (χ4n) is 2.62. The predicted molar refractivity (Wildman–Crippen MR) is 89.4 cm³/mol. The highest BCUT2D eigenvalue weighted by atomic mass is 32.2. The summed E-state index contributed by atoms with van der Waals surface area (Å²) in [6.07, 6.45) is 2.05. The topological polar surface area (TPSA) is 42.3 Å². The minimum atomic E-state index is -0.0710. The van der Waals surface area contributed by atoms with Crippen molar-refractivity contribution < 1.29 is 4.79 Å². The highest BCUT2D eigenvalue weighted by Crippen LogP contribution is 2.38. The molecule has 0 fully saturated rings. The normalized spacial score (nSPS) is 17.1. The number of anilines is 1. The lowest BCUT2D eigenvalue weighted by Crippen LogP contribution is -2.39. The van der Waals surface area contributed by atoms with Crippen LogP contribution in [0.1, 0.15) is 13.3 Å². The van der Waals surface area contributed by atoms with Crippen LogP contribution in [0.5, 0.6) is 0 Å². The van der Waals surface area contributed by atoms with Gasteiger partial charge in [0.15, 0.2) is 0 Å². The molecule has 0 aliphatic carbocycles. The Labute approximate surface area is 133 Å². The van der Waals surface area contributed by atoms with Crippen LogP contribution in [0.2, 0.25) is 0 Å². The van der Waals surface area contributed by atoms with E-state index in [0.717, 1.165) is 10.6 Å². The molecule has 0 N–H and O–H groups in total. The average molecular weight is 314 g/mol. The van der Waals surface area contributed by atoms with Crippen molar-refractivity contribution in [2.45, 2.75) is 30.0 Å². The standard InChI is InChI=1S/C17H18N2O2S/c1-13-12-19(14-6-2-3-7-15(14)22-13)17(21)9-11-18-10-5-4-8-16(18)20/h2-8,10,13H,9,11-12H2,1H3/t13-/m0/s1. The highest BCUT2D eigenvalue weighted by Gasteiger charge is 2.26. The maximum Gasteiger partial charge on any atom is 0.250 e. The van der Waals surface area contributed by atoms with Crippen molar-refractivity contribution >= 4 is 23.4 Å². The fraction of sp³-hybridized carbons (Fsp3) is 0.294. The Balaban J connectivity index is 1.75. The molecule has 0 unspecified atom stereocenters. The van der Waals surface area contributed by atoms with Gasteiger partial charge in [0, 0.05) is 41.9 Å². The Morgan fingerprint density at radius 3 is 2.82 bits per heavy atom. The van der Waals surface area contributed by atoms with Crippen molar-refractivity contribution in [1.29, 1.82) is 0 Å². The third-order valence-corrected chi connectivity index (χ3v) is 4.84. The zero-order valence-corrected chi connectivity index (χ0v) is 13.3. The first-order valence-corrected chi connectivity index (χ1v) is 8.24. The Morgan fingerprint density at radius 1 is 1.23 bits per heavy atom. The number of carbonyl (C=O) groups excluding carboxylic acids is 1. The van der Waals surface area contributed by atoms with Crippen LogP contribution < -0.4 is 10.5 Å². The fourth-order valence-corrected chi connectivity index (χ4v) is 3.74. The highest BCUT2D eigenvalue weighted by molar-refractivity contribution is 8.00. The summed E-state index contributed by atoms with van der Waals surface area (Å²) in [6.45, 7) is 3.26. The molecule has 5 heteroatoms. The van der Waals surface area contributed by atoms with Gasteiger partial charge in [-0.25, -0.2) is 0 Å². The molecule has 114 valence electrons. The molecule has 0 radical (unpaired) electrons. The molecule has 4 nitrogen and oxygen atoms in total. The van der Waals surface area contributed by atoms with E-state index >= 15 is 0 Å². The van der Waals surface area contributed by atoms with Gasteiger partial charge in [0.05, 0.1) is 5.69 Å². The molecular weight excluding hydrogens is 296 g/mol. The molecule has 0 saturated carbocycles. The molecule has 1 aromatic carbocycles. The van der Waals surface area contributed by atoms with Gasteiger partial charge < -0.3 is 9.47 Å². The van der Waals surface area contributed by atoms with Gasteiger partial charge in [-0.15, -0.1) is 11.8 Å². The van der Waals surface area contributed by atoms with E-state index in [2.05, 4.69) is 13.0 Å². The second-order valence-electron chi connectivity index (χ2n) is 5.38. The van der Waals surface area contributed by atoms with Gasteiger partial charge in [-0.05, 0) is 18.2 Å². The zero-order chi connectivity index (χ0) is 15.5. The van der Waals surface area contributed by atoms with Crippen LogP contribution in [0.15, 0.2) is 58.4 Å². The minimum Gasteiger partial charge on any atom is -0.315 e. The second-order valence-corrected chi connectivity index (χ2v) is 6.86. The van der Waals surface area contributed by atoms with Crippen LogP contribution >= 0.6 is 11.8 Å². The van der Waals surface area contributed by atoms with E-state index in [-0.39, 0.29) is 11.5 Å². The lowest BCUT2D eigenvalue weighted by atomic mass is 10.2. The van der Waals surface area contributed by atoms with Crippen molar-refractivity contribution in [1.82, 2.24) is 4.57 Å². The number of pyridine rings is 1. The van der Waals surface area contributed by atoms with E-state index in [1.807, 2.05) is 23.1 Å². The summed E-state index contributed by atoms with van der Waals surface area (Å²) in [5, 5.41) is 0.373.